The van der Waals surface area contributed by atoms with E-state index < -0.39 is 9.84 Å². The molecule has 0 heterocycles. The molecule has 0 aliphatic rings. The molecule has 112 valence electrons. The highest BCUT2D eigenvalue weighted by molar-refractivity contribution is 7.90. The quantitative estimate of drug-likeness (QED) is 0.882. The lowest BCUT2D eigenvalue weighted by molar-refractivity contribution is 0.411. The van der Waals surface area contributed by atoms with Crippen LogP contribution < -0.4 is 10.5 Å². The number of rotatable bonds is 4. The van der Waals surface area contributed by atoms with Gasteiger partial charge in [-0.2, -0.15) is 0 Å². The zero-order valence-corrected chi connectivity index (χ0v) is 13.2. The van der Waals surface area contributed by atoms with Crippen LogP contribution in [-0.2, 0) is 15.6 Å². The summed E-state index contributed by atoms with van der Waals surface area (Å²) >= 11 is 0. The van der Waals surface area contributed by atoms with Crippen LogP contribution in [0.1, 0.15) is 16.7 Å². The first-order chi connectivity index (χ1) is 9.83. The highest BCUT2D eigenvalue weighted by atomic mass is 32.2. The smallest absolute Gasteiger partial charge is 0.182 e. The Balaban J connectivity index is 2.47. The van der Waals surface area contributed by atoms with Gasteiger partial charge in [0.15, 0.2) is 9.84 Å². The van der Waals surface area contributed by atoms with Crippen LogP contribution in [0.2, 0.25) is 0 Å². The number of nitrogen functional groups attached to an aromatic ring is 1. The molecule has 0 aromatic heterocycles. The van der Waals surface area contributed by atoms with Gasteiger partial charge in [-0.05, 0) is 49.2 Å². The van der Waals surface area contributed by atoms with Crippen LogP contribution in [0.25, 0.3) is 0 Å². The van der Waals surface area contributed by atoms with Crippen LogP contribution in [0.5, 0.6) is 5.75 Å². The van der Waals surface area contributed by atoms with Crippen LogP contribution in [0.3, 0.4) is 0 Å². The van der Waals surface area contributed by atoms with E-state index in [1.54, 1.807) is 31.2 Å². The summed E-state index contributed by atoms with van der Waals surface area (Å²) in [4.78, 5) is 0.354. The van der Waals surface area contributed by atoms with Crippen molar-refractivity contribution in [2.45, 2.75) is 24.5 Å². The van der Waals surface area contributed by atoms with Crippen LogP contribution in [0.4, 0.5) is 5.69 Å². The second kappa shape index (κ2) is 5.77. The van der Waals surface area contributed by atoms with Crippen molar-refractivity contribution in [1.29, 1.82) is 0 Å². The Hall–Kier alpha value is -2.01. The fourth-order valence-electron chi connectivity index (χ4n) is 2.24. The highest BCUT2D eigenvalue weighted by Gasteiger charge is 2.20. The number of hydrogen-bond acceptors (Lipinski definition) is 4. The van der Waals surface area contributed by atoms with Gasteiger partial charge in [0.2, 0.25) is 0 Å². The van der Waals surface area contributed by atoms with Crippen LogP contribution >= 0.6 is 0 Å². The van der Waals surface area contributed by atoms with Gasteiger partial charge in [0.05, 0.1) is 17.8 Å². The van der Waals surface area contributed by atoms with Gasteiger partial charge in [0, 0.05) is 11.3 Å². The van der Waals surface area contributed by atoms with E-state index >= 15 is 0 Å². The number of methoxy groups -OCH3 is 1. The van der Waals surface area contributed by atoms with Gasteiger partial charge in [-0.3, -0.25) is 0 Å². The van der Waals surface area contributed by atoms with Gasteiger partial charge in [-0.25, -0.2) is 8.42 Å². The molecule has 0 amide bonds. The summed E-state index contributed by atoms with van der Waals surface area (Å²) in [7, 11) is -1.94. The highest BCUT2D eigenvalue weighted by Crippen LogP contribution is 2.27. The van der Waals surface area contributed by atoms with E-state index in [0.717, 1.165) is 11.1 Å². The van der Waals surface area contributed by atoms with E-state index in [1.165, 1.54) is 7.11 Å². The minimum Gasteiger partial charge on any atom is -0.496 e. The lowest BCUT2D eigenvalue weighted by Crippen LogP contribution is -2.08. The van der Waals surface area contributed by atoms with Gasteiger partial charge in [0.1, 0.15) is 5.75 Å². The van der Waals surface area contributed by atoms with E-state index in [9.17, 15) is 8.42 Å². The predicted octanol–water partition coefficient (Wildman–Crippen LogP) is 2.87. The van der Waals surface area contributed by atoms with E-state index in [2.05, 4.69) is 0 Å². The van der Waals surface area contributed by atoms with Gasteiger partial charge in [0.25, 0.3) is 0 Å². The second-order valence-electron chi connectivity index (χ2n) is 5.10. The molecule has 0 aliphatic heterocycles. The molecule has 0 atom stereocenters. The average Bonchev–Trinajstić information content (AvgIpc) is 2.41. The van der Waals surface area contributed by atoms with Crippen molar-refractivity contribution in [2.75, 3.05) is 12.8 Å². The first kappa shape index (κ1) is 15.4. The number of sulfone groups is 1. The van der Waals surface area contributed by atoms with Crippen molar-refractivity contribution in [2.24, 2.45) is 0 Å². The first-order valence-electron chi connectivity index (χ1n) is 6.56. The van der Waals surface area contributed by atoms with Crippen molar-refractivity contribution in [1.82, 2.24) is 0 Å². The molecule has 2 aromatic carbocycles. The van der Waals surface area contributed by atoms with E-state index in [1.807, 2.05) is 19.1 Å². The molecule has 2 aromatic rings. The fourth-order valence-corrected chi connectivity index (χ4v) is 3.95. The topological polar surface area (TPSA) is 69.4 Å². The Morgan fingerprint density at radius 1 is 1.10 bits per heavy atom. The van der Waals surface area contributed by atoms with Gasteiger partial charge >= 0.3 is 0 Å². The lowest BCUT2D eigenvalue weighted by Gasteiger charge is -2.12. The molecule has 21 heavy (non-hydrogen) atoms. The normalized spacial score (nSPS) is 11.4. The Kier molecular flexibility index (Phi) is 4.23. The molecule has 0 fully saturated rings. The van der Waals surface area contributed by atoms with Gasteiger partial charge in [-0.1, -0.05) is 12.1 Å². The Morgan fingerprint density at radius 3 is 2.48 bits per heavy atom. The van der Waals surface area contributed by atoms with E-state index in [-0.39, 0.29) is 5.75 Å². The number of anilines is 1. The number of ether oxygens (including phenoxy) is 1. The summed E-state index contributed by atoms with van der Waals surface area (Å²) in [6.45, 7) is 3.67. The summed E-state index contributed by atoms with van der Waals surface area (Å²) in [6.07, 6.45) is 0. The second-order valence-corrected chi connectivity index (χ2v) is 7.06. The molecular formula is C16H19NO3S. The standard InChI is InChI=1S/C16H19NO3S/c1-11-4-5-12(2)16(8-11)21(18,19)10-13-9-14(17)6-7-15(13)20-3/h4-9H,10,17H2,1-3H3. The summed E-state index contributed by atoms with van der Waals surface area (Å²) < 4.78 is 30.5. The largest absolute Gasteiger partial charge is 0.496 e. The molecule has 5 heteroatoms. The molecule has 0 saturated heterocycles. The minimum atomic E-state index is -3.45. The van der Waals surface area contributed by atoms with Crippen LogP contribution in [0.15, 0.2) is 41.3 Å². The maximum Gasteiger partial charge on any atom is 0.182 e. The molecule has 2 N–H and O–H groups in total. The minimum absolute atomic E-state index is 0.133. The summed E-state index contributed by atoms with van der Waals surface area (Å²) in [5, 5.41) is 0. The summed E-state index contributed by atoms with van der Waals surface area (Å²) in [5.41, 5.74) is 8.48. The van der Waals surface area contributed by atoms with Gasteiger partial charge in [-0.15, -0.1) is 0 Å². The third-order valence-electron chi connectivity index (χ3n) is 3.33. The number of aryl methyl sites for hydroxylation is 2. The summed E-state index contributed by atoms with van der Waals surface area (Å²) in [6, 6.07) is 10.4. The molecule has 0 bridgehead atoms. The fraction of sp³-hybridized carbons (Fsp3) is 0.250. The molecule has 4 nitrogen and oxygen atoms in total. The zero-order chi connectivity index (χ0) is 15.6. The van der Waals surface area contributed by atoms with Crippen molar-refractivity contribution in [3.8, 4) is 5.75 Å². The molecule has 0 spiro atoms. The number of hydrogen-bond donors (Lipinski definition) is 1. The average molecular weight is 305 g/mol. The maximum absolute atomic E-state index is 12.7. The Labute approximate surface area is 125 Å². The molecule has 0 radical (unpaired) electrons. The van der Waals surface area contributed by atoms with Crippen LogP contribution in [-0.4, -0.2) is 15.5 Å². The third-order valence-corrected chi connectivity index (χ3v) is 5.13. The molecule has 0 saturated carbocycles. The monoisotopic (exact) mass is 305 g/mol. The maximum atomic E-state index is 12.7. The molecule has 0 unspecified atom stereocenters. The van der Waals surface area contributed by atoms with E-state index in [0.29, 0.717) is 21.9 Å². The number of nitrogens with two attached hydrogens (primary N) is 1. The van der Waals surface area contributed by atoms with Crippen molar-refractivity contribution in [3.63, 3.8) is 0 Å². The van der Waals surface area contributed by atoms with Crippen LogP contribution in [0, 0.1) is 13.8 Å². The Morgan fingerprint density at radius 2 is 1.81 bits per heavy atom. The van der Waals surface area contributed by atoms with E-state index in [4.69, 9.17) is 10.5 Å². The lowest BCUT2D eigenvalue weighted by atomic mass is 10.2. The van der Waals surface area contributed by atoms with Gasteiger partial charge < -0.3 is 10.5 Å². The van der Waals surface area contributed by atoms with Crippen molar-refractivity contribution in [3.05, 3.63) is 53.1 Å². The molecule has 0 aliphatic carbocycles. The zero-order valence-electron chi connectivity index (χ0n) is 12.4. The first-order valence-corrected chi connectivity index (χ1v) is 8.21. The number of benzene rings is 2. The third kappa shape index (κ3) is 3.36. The SMILES string of the molecule is COc1ccc(N)cc1CS(=O)(=O)c1cc(C)ccc1C. The molecule has 2 rings (SSSR count). The summed E-state index contributed by atoms with van der Waals surface area (Å²) in [5.74, 6) is 0.393. The predicted molar refractivity (Wildman–Crippen MR) is 84.2 cm³/mol. The molecular weight excluding hydrogens is 286 g/mol. The van der Waals surface area contributed by atoms with Crippen molar-refractivity contribution < 1.29 is 13.2 Å². The Bertz CT molecular complexity index is 767. The van der Waals surface area contributed by atoms with Crippen molar-refractivity contribution >= 4 is 15.5 Å².